The molecule has 1 fully saturated rings. The van der Waals surface area contributed by atoms with Gasteiger partial charge >= 0.3 is 0 Å². The Labute approximate surface area is 80.9 Å². The van der Waals surface area contributed by atoms with E-state index < -0.39 is 0 Å². The van der Waals surface area contributed by atoms with Crippen molar-refractivity contribution in [3.8, 4) is 0 Å². The fraction of sp³-hybridized carbons (Fsp3) is 0.400. The molecule has 1 atom stereocenters. The lowest BCUT2D eigenvalue weighted by atomic mass is 10.1. The molecule has 1 nitrogen and oxygen atoms in total. The number of hydrogen-bond donors (Lipinski definition) is 0. The highest BCUT2D eigenvalue weighted by molar-refractivity contribution is 9.10. The van der Waals surface area contributed by atoms with E-state index in [4.69, 9.17) is 4.74 Å². The van der Waals surface area contributed by atoms with Crippen molar-refractivity contribution in [3.63, 3.8) is 0 Å². The molecule has 1 aromatic carbocycles. The minimum Gasteiger partial charge on any atom is -0.374 e. The number of halogens is 1. The van der Waals surface area contributed by atoms with Crippen LogP contribution in [-0.2, 0) is 4.74 Å². The summed E-state index contributed by atoms with van der Waals surface area (Å²) in [6.45, 7) is 0.917. The molecule has 0 radical (unpaired) electrons. The molecule has 1 unspecified atom stereocenters. The monoisotopic (exact) mass is 226 g/mol. The Bertz CT molecular complexity index is 249. The lowest BCUT2D eigenvalue weighted by Gasteiger charge is -2.08. The van der Waals surface area contributed by atoms with E-state index >= 15 is 0 Å². The van der Waals surface area contributed by atoms with Gasteiger partial charge in [-0.25, -0.2) is 0 Å². The van der Waals surface area contributed by atoms with Crippen molar-refractivity contribution < 1.29 is 4.74 Å². The summed E-state index contributed by atoms with van der Waals surface area (Å²) in [6.07, 6.45) is 2.71. The SMILES string of the molecule is Brc1ccc(C2CCCO2)cc1. The van der Waals surface area contributed by atoms with Gasteiger partial charge in [0.2, 0.25) is 0 Å². The topological polar surface area (TPSA) is 9.23 Å². The lowest BCUT2D eigenvalue weighted by Crippen LogP contribution is -1.94. The van der Waals surface area contributed by atoms with Crippen LogP contribution in [0.15, 0.2) is 28.7 Å². The summed E-state index contributed by atoms with van der Waals surface area (Å²) in [5.74, 6) is 0. The van der Waals surface area contributed by atoms with Crippen molar-refractivity contribution in [2.45, 2.75) is 18.9 Å². The fourth-order valence-electron chi connectivity index (χ4n) is 1.52. The van der Waals surface area contributed by atoms with E-state index in [9.17, 15) is 0 Å². The predicted molar refractivity (Wildman–Crippen MR) is 52.1 cm³/mol. The summed E-state index contributed by atoms with van der Waals surface area (Å²) < 4.78 is 6.69. The van der Waals surface area contributed by atoms with Gasteiger partial charge in [-0.05, 0) is 30.5 Å². The van der Waals surface area contributed by atoms with Crippen LogP contribution in [0.5, 0.6) is 0 Å². The maximum Gasteiger partial charge on any atom is 0.0825 e. The molecule has 1 aliphatic heterocycles. The summed E-state index contributed by atoms with van der Waals surface area (Å²) in [5, 5.41) is 0. The van der Waals surface area contributed by atoms with Gasteiger partial charge in [0.1, 0.15) is 0 Å². The van der Waals surface area contributed by atoms with Gasteiger partial charge in [0.05, 0.1) is 6.10 Å². The van der Waals surface area contributed by atoms with Crippen LogP contribution in [0.4, 0.5) is 0 Å². The molecule has 12 heavy (non-hydrogen) atoms. The standard InChI is InChI=1S/C10H11BrO/c11-9-5-3-8(4-6-9)10-2-1-7-12-10/h3-6,10H,1-2,7H2. The Morgan fingerprint density at radius 3 is 2.58 bits per heavy atom. The molecule has 0 amide bonds. The molecular weight excluding hydrogens is 216 g/mol. The van der Waals surface area contributed by atoms with Gasteiger partial charge < -0.3 is 4.74 Å². The number of rotatable bonds is 1. The van der Waals surface area contributed by atoms with Gasteiger partial charge in [-0.1, -0.05) is 28.1 Å². The summed E-state index contributed by atoms with van der Waals surface area (Å²) in [4.78, 5) is 0. The molecule has 2 heteroatoms. The average molecular weight is 227 g/mol. The van der Waals surface area contributed by atoms with E-state index in [1.54, 1.807) is 0 Å². The van der Waals surface area contributed by atoms with E-state index in [-0.39, 0.29) is 0 Å². The first-order chi connectivity index (χ1) is 5.86. The van der Waals surface area contributed by atoms with Gasteiger partial charge in [0, 0.05) is 11.1 Å². The first-order valence-electron chi connectivity index (χ1n) is 4.23. The summed E-state index contributed by atoms with van der Waals surface area (Å²) in [6, 6.07) is 8.38. The third-order valence-corrected chi connectivity index (χ3v) is 2.70. The van der Waals surface area contributed by atoms with E-state index in [1.165, 1.54) is 18.4 Å². The Balaban J connectivity index is 2.17. The Morgan fingerprint density at radius 2 is 2.00 bits per heavy atom. The molecule has 1 heterocycles. The first kappa shape index (κ1) is 8.27. The minimum absolute atomic E-state index is 0.345. The third-order valence-electron chi connectivity index (χ3n) is 2.17. The van der Waals surface area contributed by atoms with Crippen LogP contribution in [0.25, 0.3) is 0 Å². The highest BCUT2D eigenvalue weighted by atomic mass is 79.9. The molecule has 0 bridgehead atoms. The van der Waals surface area contributed by atoms with Crippen LogP contribution >= 0.6 is 15.9 Å². The van der Waals surface area contributed by atoms with Crippen molar-refractivity contribution >= 4 is 15.9 Å². The number of hydrogen-bond acceptors (Lipinski definition) is 1. The molecule has 0 saturated carbocycles. The Hall–Kier alpha value is -0.340. The van der Waals surface area contributed by atoms with E-state index in [1.807, 2.05) is 0 Å². The van der Waals surface area contributed by atoms with Gasteiger partial charge in [-0.3, -0.25) is 0 Å². The summed E-state index contributed by atoms with van der Waals surface area (Å²) >= 11 is 3.41. The maximum absolute atomic E-state index is 5.56. The van der Waals surface area contributed by atoms with Crippen LogP contribution in [0, 0.1) is 0 Å². The van der Waals surface area contributed by atoms with E-state index in [2.05, 4.69) is 40.2 Å². The number of benzene rings is 1. The van der Waals surface area contributed by atoms with Crippen LogP contribution in [-0.4, -0.2) is 6.61 Å². The highest BCUT2D eigenvalue weighted by Crippen LogP contribution is 2.28. The van der Waals surface area contributed by atoms with Gasteiger partial charge in [0.15, 0.2) is 0 Å². The largest absolute Gasteiger partial charge is 0.374 e. The second-order valence-electron chi connectivity index (χ2n) is 3.05. The summed E-state index contributed by atoms with van der Waals surface area (Å²) in [7, 11) is 0. The molecule has 0 N–H and O–H groups in total. The van der Waals surface area contributed by atoms with Crippen LogP contribution in [0.1, 0.15) is 24.5 Å². The normalized spacial score (nSPS) is 22.9. The fourth-order valence-corrected chi connectivity index (χ4v) is 1.78. The molecule has 0 aliphatic carbocycles. The van der Waals surface area contributed by atoms with Crippen LogP contribution in [0.2, 0.25) is 0 Å². The quantitative estimate of drug-likeness (QED) is 0.715. The minimum atomic E-state index is 0.345. The van der Waals surface area contributed by atoms with Crippen molar-refractivity contribution in [1.82, 2.24) is 0 Å². The van der Waals surface area contributed by atoms with Crippen molar-refractivity contribution in [1.29, 1.82) is 0 Å². The second-order valence-corrected chi connectivity index (χ2v) is 3.97. The third kappa shape index (κ3) is 1.70. The molecule has 64 valence electrons. The van der Waals surface area contributed by atoms with Gasteiger partial charge in [-0.2, -0.15) is 0 Å². The molecule has 0 spiro atoms. The van der Waals surface area contributed by atoms with Gasteiger partial charge in [0.25, 0.3) is 0 Å². The zero-order valence-electron chi connectivity index (χ0n) is 6.79. The zero-order chi connectivity index (χ0) is 8.39. The van der Waals surface area contributed by atoms with Crippen molar-refractivity contribution in [2.75, 3.05) is 6.61 Å². The van der Waals surface area contributed by atoms with E-state index in [0.29, 0.717) is 6.10 Å². The second kappa shape index (κ2) is 3.58. The molecular formula is C10H11BrO. The van der Waals surface area contributed by atoms with E-state index in [0.717, 1.165) is 11.1 Å². The number of ether oxygens (including phenoxy) is 1. The Morgan fingerprint density at radius 1 is 1.25 bits per heavy atom. The average Bonchev–Trinajstić information content (AvgIpc) is 2.58. The maximum atomic E-state index is 5.56. The molecule has 0 aromatic heterocycles. The van der Waals surface area contributed by atoms with Crippen molar-refractivity contribution in [3.05, 3.63) is 34.3 Å². The highest BCUT2D eigenvalue weighted by Gasteiger charge is 2.16. The molecule has 1 saturated heterocycles. The smallest absolute Gasteiger partial charge is 0.0825 e. The molecule has 1 aliphatic rings. The van der Waals surface area contributed by atoms with Crippen molar-refractivity contribution in [2.24, 2.45) is 0 Å². The van der Waals surface area contributed by atoms with Crippen LogP contribution in [0.3, 0.4) is 0 Å². The molecule has 2 rings (SSSR count). The predicted octanol–water partition coefficient (Wildman–Crippen LogP) is 3.30. The lowest BCUT2D eigenvalue weighted by molar-refractivity contribution is 0.112. The zero-order valence-corrected chi connectivity index (χ0v) is 8.38. The summed E-state index contributed by atoms with van der Waals surface area (Å²) in [5.41, 5.74) is 1.30. The first-order valence-corrected chi connectivity index (χ1v) is 5.02. The Kier molecular flexibility index (Phi) is 2.47. The van der Waals surface area contributed by atoms with Crippen LogP contribution < -0.4 is 0 Å². The molecule has 1 aromatic rings. The van der Waals surface area contributed by atoms with Gasteiger partial charge in [-0.15, -0.1) is 0 Å².